The summed E-state index contributed by atoms with van der Waals surface area (Å²) in [7, 11) is 1.98. The van der Waals surface area contributed by atoms with E-state index in [4.69, 9.17) is 0 Å². The summed E-state index contributed by atoms with van der Waals surface area (Å²) in [4.78, 5) is 23.2. The Morgan fingerprint density at radius 3 is 2.64 bits per heavy atom. The van der Waals surface area contributed by atoms with Crippen molar-refractivity contribution >= 4 is 17.3 Å². The molecule has 0 spiro atoms. The van der Waals surface area contributed by atoms with Crippen molar-refractivity contribution in [3.05, 3.63) is 46.3 Å². The summed E-state index contributed by atoms with van der Waals surface area (Å²) in [5.74, 6) is 0.273. The zero-order valence-corrected chi connectivity index (χ0v) is 15.2. The Bertz CT molecular complexity index is 830. The highest BCUT2D eigenvalue weighted by Crippen LogP contribution is 2.33. The van der Waals surface area contributed by atoms with E-state index in [0.717, 1.165) is 13.1 Å². The number of nitrogens with one attached hydrogen (secondary N) is 1. The fourth-order valence-electron chi connectivity index (χ4n) is 2.96. The van der Waals surface area contributed by atoms with Gasteiger partial charge in [-0.2, -0.15) is 8.78 Å². The first-order valence-corrected chi connectivity index (χ1v) is 8.65. The van der Waals surface area contributed by atoms with E-state index < -0.39 is 11.5 Å². The highest BCUT2D eigenvalue weighted by atomic mass is 19.3. The van der Waals surface area contributed by atoms with Gasteiger partial charge in [0.1, 0.15) is 12.1 Å². The minimum atomic E-state index is -2.96. The van der Waals surface area contributed by atoms with Crippen molar-refractivity contribution in [3.63, 3.8) is 0 Å². The summed E-state index contributed by atoms with van der Waals surface area (Å²) < 4.78 is 29.6. The van der Waals surface area contributed by atoms with Crippen molar-refractivity contribution in [1.29, 1.82) is 0 Å². The first-order chi connectivity index (χ1) is 13.5. The number of rotatable bonds is 7. The summed E-state index contributed by atoms with van der Waals surface area (Å²) in [6.45, 7) is -0.177. The van der Waals surface area contributed by atoms with E-state index >= 15 is 0 Å². The van der Waals surface area contributed by atoms with Crippen molar-refractivity contribution in [2.75, 3.05) is 43.4 Å². The number of halogens is 2. The molecule has 0 unspecified atom stereocenters. The Morgan fingerprint density at radius 2 is 1.96 bits per heavy atom. The molecule has 2 aromatic rings. The molecule has 0 amide bonds. The first-order valence-electron chi connectivity index (χ1n) is 8.65. The molecule has 1 saturated heterocycles. The number of hydrogen-bond donors (Lipinski definition) is 1. The Kier molecular flexibility index (Phi) is 6.14. The van der Waals surface area contributed by atoms with E-state index in [9.17, 15) is 18.9 Å². The van der Waals surface area contributed by atoms with Crippen molar-refractivity contribution < 1.29 is 18.4 Å². The number of benzene rings is 1. The molecule has 1 aromatic heterocycles. The third kappa shape index (κ3) is 4.60. The molecule has 3 rings (SSSR count). The normalized spacial score (nSPS) is 14.9. The van der Waals surface area contributed by atoms with E-state index in [1.165, 1.54) is 12.4 Å². The average Bonchev–Trinajstić information content (AvgIpc) is 2.67. The molecule has 1 aliphatic rings. The lowest BCUT2D eigenvalue weighted by molar-refractivity contribution is -0.383. The molecule has 1 fully saturated rings. The van der Waals surface area contributed by atoms with Crippen LogP contribution in [0.1, 0.15) is 5.56 Å². The summed E-state index contributed by atoms with van der Waals surface area (Å²) in [5, 5.41) is 14.6. The molecule has 1 N–H and O–H groups in total. The van der Waals surface area contributed by atoms with Gasteiger partial charge >= 0.3 is 12.3 Å². The number of alkyl halides is 2. The molecule has 0 radical (unpaired) electrons. The summed E-state index contributed by atoms with van der Waals surface area (Å²) in [5.41, 5.74) is 0.191. The summed E-state index contributed by atoms with van der Waals surface area (Å²) >= 11 is 0. The zero-order valence-electron chi connectivity index (χ0n) is 15.2. The van der Waals surface area contributed by atoms with Crippen LogP contribution in [0.4, 0.5) is 26.1 Å². The van der Waals surface area contributed by atoms with Gasteiger partial charge < -0.3 is 19.9 Å². The van der Waals surface area contributed by atoms with Crippen LogP contribution in [-0.2, 0) is 6.54 Å². The number of likely N-dealkylation sites (N-methyl/N-ethyl adjacent to an activating group) is 1. The molecule has 1 aromatic carbocycles. The third-order valence-electron chi connectivity index (χ3n) is 4.42. The second-order valence-corrected chi connectivity index (χ2v) is 6.28. The molecule has 0 aliphatic carbocycles. The van der Waals surface area contributed by atoms with Crippen LogP contribution in [0.2, 0.25) is 0 Å². The molecular weight excluding hydrogens is 374 g/mol. The van der Waals surface area contributed by atoms with Gasteiger partial charge in [-0.1, -0.05) is 18.2 Å². The molecule has 0 bridgehead atoms. The molecule has 0 atom stereocenters. The van der Waals surface area contributed by atoms with Gasteiger partial charge in [0.05, 0.1) is 4.92 Å². The minimum Gasteiger partial charge on any atom is -0.434 e. The van der Waals surface area contributed by atoms with Crippen molar-refractivity contribution in [3.8, 4) is 5.75 Å². The zero-order chi connectivity index (χ0) is 20.1. The van der Waals surface area contributed by atoms with E-state index in [1.807, 2.05) is 11.9 Å². The molecule has 2 heterocycles. The number of piperazine rings is 1. The van der Waals surface area contributed by atoms with Gasteiger partial charge in [0, 0.05) is 38.3 Å². The first kappa shape index (κ1) is 19.7. The van der Waals surface area contributed by atoms with Crippen LogP contribution in [0.25, 0.3) is 0 Å². The molecule has 9 nitrogen and oxygen atoms in total. The Hall–Kier alpha value is -3.08. The highest BCUT2D eigenvalue weighted by Gasteiger charge is 2.28. The van der Waals surface area contributed by atoms with Gasteiger partial charge in [-0.3, -0.25) is 10.1 Å². The molecule has 150 valence electrons. The molecule has 28 heavy (non-hydrogen) atoms. The Labute approximate surface area is 160 Å². The van der Waals surface area contributed by atoms with E-state index in [-0.39, 0.29) is 29.6 Å². The smallest absolute Gasteiger partial charge is 0.387 e. The van der Waals surface area contributed by atoms with Crippen LogP contribution in [0.15, 0.2) is 30.6 Å². The van der Waals surface area contributed by atoms with Gasteiger partial charge in [-0.05, 0) is 13.1 Å². The quantitative estimate of drug-likeness (QED) is 0.565. The number of para-hydroxylation sites is 1. The molecule has 11 heteroatoms. The van der Waals surface area contributed by atoms with Crippen molar-refractivity contribution in [1.82, 2.24) is 14.9 Å². The lowest BCUT2D eigenvalue weighted by Gasteiger charge is -2.32. The SMILES string of the molecule is CN1CCN(c2ncnc(NCc3ccccc3OC(F)F)c2[N+](=O)[O-])CC1. The van der Waals surface area contributed by atoms with Gasteiger partial charge in [-0.15, -0.1) is 0 Å². The van der Waals surface area contributed by atoms with Crippen LogP contribution >= 0.6 is 0 Å². The van der Waals surface area contributed by atoms with Crippen molar-refractivity contribution in [2.24, 2.45) is 0 Å². The second-order valence-electron chi connectivity index (χ2n) is 6.28. The number of aromatic nitrogens is 2. The lowest BCUT2D eigenvalue weighted by atomic mass is 10.2. The van der Waals surface area contributed by atoms with Gasteiger partial charge in [0.2, 0.25) is 11.6 Å². The number of nitrogens with zero attached hydrogens (tertiary/aromatic N) is 5. The van der Waals surface area contributed by atoms with Crippen LogP contribution in [0.5, 0.6) is 5.75 Å². The maximum Gasteiger partial charge on any atom is 0.387 e. The molecular formula is C17H20F2N6O3. The second kappa shape index (κ2) is 8.74. The Morgan fingerprint density at radius 1 is 1.25 bits per heavy atom. The Balaban J connectivity index is 1.83. The van der Waals surface area contributed by atoms with Crippen LogP contribution in [0.3, 0.4) is 0 Å². The van der Waals surface area contributed by atoms with Gasteiger partial charge in [0.25, 0.3) is 0 Å². The number of hydrogen-bond acceptors (Lipinski definition) is 8. The highest BCUT2D eigenvalue weighted by molar-refractivity contribution is 5.70. The lowest BCUT2D eigenvalue weighted by Crippen LogP contribution is -2.45. The largest absolute Gasteiger partial charge is 0.434 e. The van der Waals surface area contributed by atoms with Crippen LogP contribution in [-0.4, -0.2) is 59.6 Å². The number of nitro groups is 1. The topological polar surface area (TPSA) is 96.7 Å². The van der Waals surface area contributed by atoms with Gasteiger partial charge in [-0.25, -0.2) is 9.97 Å². The standard InChI is InChI=1S/C17H20F2N6O3/c1-23-6-8-24(9-7-23)16-14(25(26)27)15(21-11-22-16)20-10-12-4-2-3-5-13(12)28-17(18)19/h2-5,11,17H,6-10H2,1H3,(H,20,21,22). The van der Waals surface area contributed by atoms with Crippen molar-refractivity contribution in [2.45, 2.75) is 13.2 Å². The van der Waals surface area contributed by atoms with Crippen LogP contribution in [0, 0.1) is 10.1 Å². The predicted molar refractivity (Wildman–Crippen MR) is 98.8 cm³/mol. The van der Waals surface area contributed by atoms with Gasteiger partial charge in [0.15, 0.2) is 0 Å². The third-order valence-corrected chi connectivity index (χ3v) is 4.42. The molecule has 1 aliphatic heterocycles. The number of ether oxygens (including phenoxy) is 1. The maximum absolute atomic E-state index is 12.6. The summed E-state index contributed by atoms with van der Waals surface area (Å²) in [6, 6.07) is 6.24. The summed E-state index contributed by atoms with van der Waals surface area (Å²) in [6.07, 6.45) is 1.25. The maximum atomic E-state index is 12.6. The van der Waals surface area contributed by atoms with E-state index in [2.05, 4.69) is 24.9 Å². The van der Waals surface area contributed by atoms with E-state index in [0.29, 0.717) is 18.7 Å². The van der Waals surface area contributed by atoms with E-state index in [1.54, 1.807) is 18.2 Å². The predicted octanol–water partition coefficient (Wildman–Crippen LogP) is 2.35. The molecule has 0 saturated carbocycles. The minimum absolute atomic E-state index is 0.000926. The number of anilines is 2. The monoisotopic (exact) mass is 394 g/mol. The fourth-order valence-corrected chi connectivity index (χ4v) is 2.96. The van der Waals surface area contributed by atoms with Crippen LogP contribution < -0.4 is 15.0 Å². The fraction of sp³-hybridized carbons (Fsp3) is 0.412. The average molecular weight is 394 g/mol.